The van der Waals surface area contributed by atoms with Crippen LogP contribution < -0.4 is 0 Å². The number of likely N-dealkylation sites (tertiary alicyclic amines) is 1. The molecule has 5 nitrogen and oxygen atoms in total. The molecule has 1 atom stereocenters. The van der Waals surface area contributed by atoms with Crippen molar-refractivity contribution in [3.63, 3.8) is 0 Å². The minimum Gasteiger partial charge on any atom is -0.298 e. The van der Waals surface area contributed by atoms with Crippen LogP contribution in [0.2, 0.25) is 0 Å². The summed E-state index contributed by atoms with van der Waals surface area (Å²) in [5, 5.41) is 4.20. The van der Waals surface area contributed by atoms with E-state index in [9.17, 15) is 0 Å². The fraction of sp³-hybridized carbons (Fsp3) is 0.500. The zero-order chi connectivity index (χ0) is 12.9. The van der Waals surface area contributed by atoms with Gasteiger partial charge in [-0.1, -0.05) is 6.07 Å². The minimum atomic E-state index is 0.588. The zero-order valence-corrected chi connectivity index (χ0v) is 11.0. The summed E-state index contributed by atoms with van der Waals surface area (Å²) in [6.45, 7) is 3.21. The Hall–Kier alpha value is -1.75. The first-order valence-corrected chi connectivity index (χ1v) is 6.88. The number of nitrogens with zero attached hydrogens (tertiary/aromatic N) is 5. The first-order chi connectivity index (χ1) is 9.42. The molecule has 0 aliphatic carbocycles. The zero-order valence-electron chi connectivity index (χ0n) is 11.0. The molecule has 19 heavy (non-hydrogen) atoms. The van der Waals surface area contributed by atoms with Crippen LogP contribution in [0.25, 0.3) is 0 Å². The second-order valence-electron chi connectivity index (χ2n) is 5.02. The molecule has 1 fully saturated rings. The minimum absolute atomic E-state index is 0.588. The van der Waals surface area contributed by atoms with Crippen LogP contribution in [-0.2, 0) is 13.0 Å². The normalized spacial score (nSPS) is 19.9. The van der Waals surface area contributed by atoms with E-state index < -0.39 is 0 Å². The molecule has 0 radical (unpaired) electrons. The van der Waals surface area contributed by atoms with E-state index in [1.807, 2.05) is 16.9 Å². The van der Waals surface area contributed by atoms with Crippen molar-refractivity contribution in [3.8, 4) is 0 Å². The highest BCUT2D eigenvalue weighted by molar-refractivity contribution is 5.04. The third-order valence-electron chi connectivity index (χ3n) is 3.74. The Labute approximate surface area is 113 Å². The lowest BCUT2D eigenvalue weighted by molar-refractivity contribution is 0.229. The van der Waals surface area contributed by atoms with Crippen molar-refractivity contribution in [2.45, 2.75) is 31.8 Å². The van der Waals surface area contributed by atoms with Gasteiger partial charge in [-0.2, -0.15) is 5.10 Å². The van der Waals surface area contributed by atoms with E-state index in [-0.39, 0.29) is 0 Å². The van der Waals surface area contributed by atoms with Crippen LogP contribution >= 0.6 is 0 Å². The van der Waals surface area contributed by atoms with Gasteiger partial charge in [0.15, 0.2) is 0 Å². The van der Waals surface area contributed by atoms with E-state index >= 15 is 0 Å². The molecule has 0 N–H and O–H groups in total. The average molecular weight is 257 g/mol. The Balaban J connectivity index is 1.55. The topological polar surface area (TPSA) is 46.8 Å². The third-order valence-corrected chi connectivity index (χ3v) is 3.74. The first-order valence-electron chi connectivity index (χ1n) is 6.88. The van der Waals surface area contributed by atoms with Gasteiger partial charge in [0.2, 0.25) is 0 Å². The summed E-state index contributed by atoms with van der Waals surface area (Å²) in [5.41, 5.74) is 1.17. The van der Waals surface area contributed by atoms with E-state index in [0.29, 0.717) is 6.04 Å². The van der Waals surface area contributed by atoms with Gasteiger partial charge in [-0.05, 0) is 31.5 Å². The Morgan fingerprint density at radius 2 is 2.32 bits per heavy atom. The third kappa shape index (κ3) is 3.17. The van der Waals surface area contributed by atoms with Crippen LogP contribution in [0, 0.1) is 0 Å². The molecule has 3 heterocycles. The van der Waals surface area contributed by atoms with Crippen LogP contribution in [0.5, 0.6) is 0 Å². The monoisotopic (exact) mass is 257 g/mol. The maximum atomic E-state index is 4.39. The highest BCUT2D eigenvalue weighted by atomic mass is 15.3. The van der Waals surface area contributed by atoms with E-state index in [4.69, 9.17) is 0 Å². The van der Waals surface area contributed by atoms with E-state index in [1.54, 1.807) is 12.7 Å². The fourth-order valence-electron chi connectivity index (χ4n) is 2.74. The molecule has 2 aromatic rings. The van der Waals surface area contributed by atoms with Crippen LogP contribution in [0.3, 0.4) is 0 Å². The Morgan fingerprint density at radius 3 is 3.11 bits per heavy atom. The molecule has 1 aliphatic heterocycles. The summed E-state index contributed by atoms with van der Waals surface area (Å²) in [4.78, 5) is 10.9. The summed E-state index contributed by atoms with van der Waals surface area (Å²) in [6, 6.07) is 6.71. The van der Waals surface area contributed by atoms with Gasteiger partial charge in [-0.3, -0.25) is 14.6 Å². The van der Waals surface area contributed by atoms with Gasteiger partial charge in [0.25, 0.3) is 0 Å². The van der Waals surface area contributed by atoms with E-state index in [0.717, 1.165) is 19.5 Å². The SMILES string of the molecule is c1ccc(CCN2CCC[C@@H]2Cn2cncn2)nc1. The van der Waals surface area contributed by atoms with Gasteiger partial charge in [-0.25, -0.2) is 4.98 Å². The highest BCUT2D eigenvalue weighted by Crippen LogP contribution is 2.18. The summed E-state index contributed by atoms with van der Waals surface area (Å²) in [5.74, 6) is 0. The van der Waals surface area contributed by atoms with Gasteiger partial charge in [-0.15, -0.1) is 0 Å². The maximum absolute atomic E-state index is 4.39. The largest absolute Gasteiger partial charge is 0.298 e. The maximum Gasteiger partial charge on any atom is 0.137 e. The molecule has 0 saturated carbocycles. The second-order valence-corrected chi connectivity index (χ2v) is 5.02. The predicted octanol–water partition coefficient (Wildman–Crippen LogP) is 1.38. The molecule has 0 unspecified atom stereocenters. The smallest absolute Gasteiger partial charge is 0.137 e. The molecule has 100 valence electrons. The van der Waals surface area contributed by atoms with E-state index in [2.05, 4.69) is 32.1 Å². The fourth-order valence-corrected chi connectivity index (χ4v) is 2.74. The van der Waals surface area contributed by atoms with Crippen molar-refractivity contribution >= 4 is 0 Å². The first kappa shape index (κ1) is 12.3. The molecule has 5 heteroatoms. The summed E-state index contributed by atoms with van der Waals surface area (Å²) < 4.78 is 1.93. The molecular formula is C14H19N5. The Morgan fingerprint density at radius 1 is 1.32 bits per heavy atom. The summed E-state index contributed by atoms with van der Waals surface area (Å²) >= 11 is 0. The number of aromatic nitrogens is 4. The standard InChI is InChI=1S/C14H19N5/c1-2-7-16-13(4-1)6-9-18-8-3-5-14(18)10-19-12-15-11-17-19/h1-2,4,7,11-12,14H,3,5-6,8-10H2/t14-/m1/s1. The van der Waals surface area contributed by atoms with Crippen molar-refractivity contribution in [2.24, 2.45) is 0 Å². The predicted molar refractivity (Wildman–Crippen MR) is 72.6 cm³/mol. The van der Waals surface area contributed by atoms with Crippen molar-refractivity contribution in [3.05, 3.63) is 42.7 Å². The van der Waals surface area contributed by atoms with Gasteiger partial charge >= 0.3 is 0 Å². The Bertz CT molecular complexity index is 482. The van der Waals surface area contributed by atoms with Gasteiger partial charge in [0.1, 0.15) is 12.7 Å². The van der Waals surface area contributed by atoms with E-state index in [1.165, 1.54) is 25.1 Å². The number of hydrogen-bond donors (Lipinski definition) is 0. The van der Waals surface area contributed by atoms with Crippen LogP contribution in [-0.4, -0.2) is 43.8 Å². The lowest BCUT2D eigenvalue weighted by atomic mass is 10.2. The van der Waals surface area contributed by atoms with Gasteiger partial charge in [0.05, 0.1) is 6.54 Å². The molecule has 0 spiro atoms. The molecule has 0 bridgehead atoms. The van der Waals surface area contributed by atoms with Crippen molar-refractivity contribution in [1.82, 2.24) is 24.6 Å². The quantitative estimate of drug-likeness (QED) is 0.812. The second kappa shape index (κ2) is 5.93. The van der Waals surface area contributed by atoms with Crippen LogP contribution in [0.1, 0.15) is 18.5 Å². The summed E-state index contributed by atoms with van der Waals surface area (Å²) in [7, 11) is 0. The molecular weight excluding hydrogens is 238 g/mol. The van der Waals surface area contributed by atoms with Crippen molar-refractivity contribution in [1.29, 1.82) is 0 Å². The molecule has 1 aliphatic rings. The molecule has 2 aromatic heterocycles. The van der Waals surface area contributed by atoms with Gasteiger partial charge in [0, 0.05) is 30.9 Å². The molecule has 1 saturated heterocycles. The lowest BCUT2D eigenvalue weighted by Gasteiger charge is -2.24. The summed E-state index contributed by atoms with van der Waals surface area (Å²) in [6.07, 6.45) is 8.83. The Kier molecular flexibility index (Phi) is 3.83. The molecule has 0 aromatic carbocycles. The van der Waals surface area contributed by atoms with Crippen molar-refractivity contribution < 1.29 is 0 Å². The molecule has 0 amide bonds. The highest BCUT2D eigenvalue weighted by Gasteiger charge is 2.24. The van der Waals surface area contributed by atoms with Crippen LogP contribution in [0.15, 0.2) is 37.1 Å². The number of rotatable bonds is 5. The number of pyridine rings is 1. The average Bonchev–Trinajstić information content (AvgIpc) is 3.10. The van der Waals surface area contributed by atoms with Gasteiger partial charge < -0.3 is 0 Å². The molecule has 3 rings (SSSR count). The number of hydrogen-bond acceptors (Lipinski definition) is 4. The lowest BCUT2D eigenvalue weighted by Crippen LogP contribution is -2.34. The van der Waals surface area contributed by atoms with Crippen LogP contribution in [0.4, 0.5) is 0 Å². The van der Waals surface area contributed by atoms with Crippen molar-refractivity contribution in [2.75, 3.05) is 13.1 Å².